The summed E-state index contributed by atoms with van der Waals surface area (Å²) in [5, 5.41) is 0. The highest BCUT2D eigenvalue weighted by Crippen LogP contribution is 2.51. The van der Waals surface area contributed by atoms with E-state index in [-0.39, 0.29) is 23.3 Å². The Bertz CT molecular complexity index is 458. The number of rotatable bonds is 1. The van der Waals surface area contributed by atoms with Crippen LogP contribution in [0, 0.1) is 17.3 Å². The Hall–Kier alpha value is -1.25. The van der Waals surface area contributed by atoms with Crippen molar-refractivity contribution in [3.63, 3.8) is 0 Å². The van der Waals surface area contributed by atoms with E-state index in [4.69, 9.17) is 0 Å². The Morgan fingerprint density at radius 1 is 1.24 bits per heavy atom. The molecule has 3 atom stereocenters. The zero-order valence-corrected chi connectivity index (χ0v) is 10.8. The molecule has 0 heterocycles. The fraction of sp³-hybridized carbons (Fsp3) is 0.643. The van der Waals surface area contributed by atoms with E-state index in [2.05, 4.69) is 0 Å². The van der Waals surface area contributed by atoms with Gasteiger partial charge in [0.15, 0.2) is 11.6 Å². The van der Waals surface area contributed by atoms with Crippen LogP contribution in [0.25, 0.3) is 0 Å². The van der Waals surface area contributed by atoms with Crippen molar-refractivity contribution in [3.8, 4) is 0 Å². The largest absolute Gasteiger partial charge is 0.299 e. The van der Waals surface area contributed by atoms with Gasteiger partial charge in [0.05, 0.1) is 0 Å². The quantitative estimate of drug-likeness (QED) is 0.515. The van der Waals surface area contributed by atoms with Crippen LogP contribution in [0.15, 0.2) is 11.1 Å². The minimum Gasteiger partial charge on any atom is -0.299 e. The summed E-state index contributed by atoms with van der Waals surface area (Å²) >= 11 is 0. The monoisotopic (exact) mass is 234 g/mol. The van der Waals surface area contributed by atoms with Crippen molar-refractivity contribution in [1.82, 2.24) is 0 Å². The Balaban J connectivity index is 2.47. The zero-order valence-electron chi connectivity index (χ0n) is 10.8. The summed E-state index contributed by atoms with van der Waals surface area (Å²) in [6, 6.07) is 0. The Labute approximate surface area is 101 Å². The molecule has 1 fully saturated rings. The van der Waals surface area contributed by atoms with Gasteiger partial charge in [0.2, 0.25) is 0 Å². The standard InChI is InChI=1S/C14H18O3/c1-7-5-10-12(16)11(9(3)15)13(17)14(10,4)6-8(7)2/h10-11H,5-6H2,1-4H3/t10-,11?,14-/m1/s1. The summed E-state index contributed by atoms with van der Waals surface area (Å²) in [7, 11) is 0. The van der Waals surface area contributed by atoms with Gasteiger partial charge in [0, 0.05) is 11.3 Å². The lowest BCUT2D eigenvalue weighted by Gasteiger charge is -2.34. The summed E-state index contributed by atoms with van der Waals surface area (Å²) < 4.78 is 0. The molecule has 92 valence electrons. The minimum absolute atomic E-state index is 0.156. The fourth-order valence-electron chi connectivity index (χ4n) is 3.25. The van der Waals surface area contributed by atoms with Crippen LogP contribution in [0.4, 0.5) is 0 Å². The smallest absolute Gasteiger partial charge is 0.157 e. The Kier molecular flexibility index (Phi) is 2.60. The van der Waals surface area contributed by atoms with Gasteiger partial charge in [-0.15, -0.1) is 0 Å². The van der Waals surface area contributed by atoms with Gasteiger partial charge < -0.3 is 0 Å². The van der Waals surface area contributed by atoms with E-state index in [0.717, 1.165) is 0 Å². The molecule has 0 saturated heterocycles. The number of hydrogen-bond acceptors (Lipinski definition) is 3. The van der Waals surface area contributed by atoms with Gasteiger partial charge in [-0.2, -0.15) is 0 Å². The van der Waals surface area contributed by atoms with Crippen molar-refractivity contribution in [2.24, 2.45) is 17.3 Å². The minimum atomic E-state index is -0.997. The second-order valence-corrected chi connectivity index (χ2v) is 5.72. The molecule has 2 rings (SSSR count). The molecule has 0 radical (unpaired) electrons. The maximum Gasteiger partial charge on any atom is 0.157 e. The SMILES string of the molecule is CC(=O)C1C(=O)[C@H]2CC(C)=C(C)C[C@@]2(C)C1=O. The number of carbonyl (C=O) groups is 3. The summed E-state index contributed by atoms with van der Waals surface area (Å²) in [4.78, 5) is 35.9. The first-order valence-electron chi connectivity index (χ1n) is 6.02. The lowest BCUT2D eigenvalue weighted by Crippen LogP contribution is -2.34. The van der Waals surface area contributed by atoms with Crippen molar-refractivity contribution >= 4 is 17.3 Å². The molecule has 0 bridgehead atoms. The molecule has 1 saturated carbocycles. The van der Waals surface area contributed by atoms with Crippen LogP contribution >= 0.6 is 0 Å². The highest BCUT2D eigenvalue weighted by Gasteiger charge is 2.59. The second-order valence-electron chi connectivity index (χ2n) is 5.72. The van der Waals surface area contributed by atoms with Crippen molar-refractivity contribution in [2.45, 2.75) is 40.5 Å². The molecule has 0 aromatic carbocycles. The summed E-state index contributed by atoms with van der Waals surface area (Å²) in [5.74, 6) is -1.90. The number of carbonyl (C=O) groups excluding carboxylic acids is 3. The molecular weight excluding hydrogens is 216 g/mol. The maximum atomic E-state index is 12.3. The van der Waals surface area contributed by atoms with Gasteiger partial charge in [0.25, 0.3) is 0 Å². The summed E-state index contributed by atoms with van der Waals surface area (Å²) in [5.41, 5.74) is 1.74. The summed E-state index contributed by atoms with van der Waals surface area (Å²) in [6.45, 7) is 7.20. The van der Waals surface area contributed by atoms with Crippen LogP contribution in [0.5, 0.6) is 0 Å². The molecular formula is C14H18O3. The number of fused-ring (bicyclic) bond motifs is 1. The molecule has 1 unspecified atom stereocenters. The third-order valence-corrected chi connectivity index (χ3v) is 4.50. The zero-order chi connectivity index (χ0) is 13.0. The Morgan fingerprint density at radius 3 is 2.35 bits per heavy atom. The van der Waals surface area contributed by atoms with E-state index in [1.807, 2.05) is 20.8 Å². The van der Waals surface area contributed by atoms with Gasteiger partial charge in [-0.1, -0.05) is 18.1 Å². The summed E-state index contributed by atoms with van der Waals surface area (Å²) in [6.07, 6.45) is 1.26. The average Bonchev–Trinajstić information content (AvgIpc) is 2.39. The maximum absolute atomic E-state index is 12.3. The first kappa shape index (κ1) is 12.2. The lowest BCUT2D eigenvalue weighted by molar-refractivity contribution is -0.136. The van der Waals surface area contributed by atoms with E-state index in [9.17, 15) is 14.4 Å². The highest BCUT2D eigenvalue weighted by atomic mass is 16.2. The molecule has 0 spiro atoms. The first-order chi connectivity index (χ1) is 7.79. The van der Waals surface area contributed by atoms with Crippen molar-refractivity contribution in [3.05, 3.63) is 11.1 Å². The van der Waals surface area contributed by atoms with Crippen LogP contribution < -0.4 is 0 Å². The van der Waals surface area contributed by atoms with Crippen molar-refractivity contribution < 1.29 is 14.4 Å². The third kappa shape index (κ3) is 1.52. The highest BCUT2D eigenvalue weighted by molar-refractivity contribution is 6.26. The van der Waals surface area contributed by atoms with E-state index in [0.29, 0.717) is 12.8 Å². The van der Waals surface area contributed by atoms with Gasteiger partial charge in [-0.25, -0.2) is 0 Å². The van der Waals surface area contributed by atoms with Crippen LogP contribution in [0.2, 0.25) is 0 Å². The van der Waals surface area contributed by atoms with E-state index in [1.54, 1.807) is 0 Å². The van der Waals surface area contributed by atoms with Crippen LogP contribution in [-0.4, -0.2) is 17.3 Å². The van der Waals surface area contributed by atoms with E-state index >= 15 is 0 Å². The molecule has 0 aromatic rings. The normalized spacial score (nSPS) is 37.4. The predicted octanol–water partition coefficient (Wildman–Crippen LogP) is 2.10. The molecule has 3 heteroatoms. The topological polar surface area (TPSA) is 51.2 Å². The molecule has 3 nitrogen and oxygen atoms in total. The predicted molar refractivity (Wildman–Crippen MR) is 63.4 cm³/mol. The molecule has 17 heavy (non-hydrogen) atoms. The molecule has 0 aromatic heterocycles. The second kappa shape index (κ2) is 3.62. The number of ketones is 3. The van der Waals surface area contributed by atoms with Crippen LogP contribution in [0.3, 0.4) is 0 Å². The van der Waals surface area contributed by atoms with Crippen LogP contribution in [0.1, 0.15) is 40.5 Å². The fourth-order valence-corrected chi connectivity index (χ4v) is 3.25. The molecule has 0 amide bonds. The van der Waals surface area contributed by atoms with Crippen molar-refractivity contribution in [2.75, 3.05) is 0 Å². The van der Waals surface area contributed by atoms with E-state index < -0.39 is 11.3 Å². The van der Waals surface area contributed by atoms with Crippen molar-refractivity contribution in [1.29, 1.82) is 0 Å². The molecule has 0 aliphatic heterocycles. The Morgan fingerprint density at radius 2 is 1.82 bits per heavy atom. The third-order valence-electron chi connectivity index (χ3n) is 4.50. The first-order valence-corrected chi connectivity index (χ1v) is 6.02. The number of hydrogen-bond donors (Lipinski definition) is 0. The number of Topliss-reactive ketones (excluding diaryl/α,β-unsaturated/α-hetero) is 3. The lowest BCUT2D eigenvalue weighted by atomic mass is 9.67. The van der Waals surface area contributed by atoms with Gasteiger partial charge in [-0.05, 0) is 33.6 Å². The van der Waals surface area contributed by atoms with Gasteiger partial charge >= 0.3 is 0 Å². The number of allylic oxidation sites excluding steroid dienone is 2. The van der Waals surface area contributed by atoms with Crippen LogP contribution in [-0.2, 0) is 14.4 Å². The molecule has 2 aliphatic carbocycles. The average molecular weight is 234 g/mol. The van der Waals surface area contributed by atoms with Gasteiger partial charge in [-0.3, -0.25) is 14.4 Å². The van der Waals surface area contributed by atoms with Gasteiger partial charge in [0.1, 0.15) is 11.7 Å². The van der Waals surface area contributed by atoms with E-state index in [1.165, 1.54) is 18.1 Å². The molecule has 0 N–H and O–H groups in total. The molecule has 2 aliphatic rings.